The number of nitrogens with zero attached hydrogens (tertiary/aromatic N) is 2. The Morgan fingerprint density at radius 1 is 1.73 bits per heavy atom. The summed E-state index contributed by atoms with van der Waals surface area (Å²) in [6, 6.07) is 2.11. The first-order chi connectivity index (χ1) is 5.36. The molecule has 1 rings (SSSR count). The molecule has 11 heavy (non-hydrogen) atoms. The molecule has 0 saturated carbocycles. The number of aromatic nitrogens is 1. The van der Waals surface area contributed by atoms with E-state index in [-0.39, 0.29) is 0 Å². The van der Waals surface area contributed by atoms with Gasteiger partial charge in [0.2, 0.25) is 0 Å². The predicted octanol–water partition coefficient (Wildman–Crippen LogP) is 2.16. The molecule has 0 N–H and O–H groups in total. The Labute approximate surface area is 70.5 Å². The molecule has 0 radical (unpaired) electrons. The van der Waals surface area contributed by atoms with Crippen LogP contribution in [0.5, 0.6) is 0 Å². The minimum Gasteiger partial charge on any atom is -0.246 e. The number of rotatable bonds is 3. The number of aryl methyl sites for hydroxylation is 2. The molecule has 3 heteroatoms. The lowest BCUT2D eigenvalue weighted by Gasteiger charge is -1.86. The summed E-state index contributed by atoms with van der Waals surface area (Å²) in [6.45, 7) is 2.09. The second-order valence-electron chi connectivity index (χ2n) is 2.24. The summed E-state index contributed by atoms with van der Waals surface area (Å²) in [5.74, 6) is 0. The highest BCUT2D eigenvalue weighted by Crippen LogP contribution is 2.11. The van der Waals surface area contributed by atoms with E-state index in [1.54, 1.807) is 11.3 Å². The fourth-order valence-corrected chi connectivity index (χ4v) is 1.67. The molecule has 0 aliphatic rings. The number of hydrogen-bond donors (Lipinski definition) is 0. The summed E-state index contributed by atoms with van der Waals surface area (Å²) >= 11 is 1.65. The van der Waals surface area contributed by atoms with Gasteiger partial charge in [0.25, 0.3) is 0 Å². The average molecular weight is 166 g/mol. The van der Waals surface area contributed by atoms with E-state index in [0.29, 0.717) is 6.42 Å². The van der Waals surface area contributed by atoms with Gasteiger partial charge in [-0.1, -0.05) is 6.92 Å². The largest absolute Gasteiger partial charge is 0.246 e. The molecule has 2 nitrogen and oxygen atoms in total. The van der Waals surface area contributed by atoms with Gasteiger partial charge < -0.3 is 0 Å². The minimum atomic E-state index is 0.580. The van der Waals surface area contributed by atoms with Crippen LogP contribution in [0.2, 0.25) is 0 Å². The van der Waals surface area contributed by atoms with Crippen LogP contribution in [0.1, 0.15) is 24.0 Å². The third kappa shape index (κ3) is 2.32. The van der Waals surface area contributed by atoms with Crippen LogP contribution in [0.15, 0.2) is 5.38 Å². The van der Waals surface area contributed by atoms with Crippen LogP contribution in [0, 0.1) is 11.3 Å². The smallest absolute Gasteiger partial charge is 0.0938 e. The molecular weight excluding hydrogens is 156 g/mol. The maximum Gasteiger partial charge on any atom is 0.0938 e. The first-order valence-electron chi connectivity index (χ1n) is 3.67. The van der Waals surface area contributed by atoms with Crippen LogP contribution in [-0.2, 0) is 12.8 Å². The van der Waals surface area contributed by atoms with Crippen molar-refractivity contribution < 1.29 is 0 Å². The second-order valence-corrected chi connectivity index (χ2v) is 3.19. The highest BCUT2D eigenvalue weighted by molar-refractivity contribution is 7.09. The van der Waals surface area contributed by atoms with Crippen molar-refractivity contribution >= 4 is 11.3 Å². The lowest BCUT2D eigenvalue weighted by atomic mass is 10.3. The van der Waals surface area contributed by atoms with Gasteiger partial charge in [-0.3, -0.25) is 0 Å². The van der Waals surface area contributed by atoms with E-state index in [4.69, 9.17) is 5.26 Å². The fraction of sp³-hybridized carbons (Fsp3) is 0.500. The predicted molar refractivity (Wildman–Crippen MR) is 45.4 cm³/mol. The number of hydrogen-bond acceptors (Lipinski definition) is 3. The summed E-state index contributed by atoms with van der Waals surface area (Å²) in [5.41, 5.74) is 1.14. The second kappa shape index (κ2) is 4.09. The van der Waals surface area contributed by atoms with Crippen molar-refractivity contribution in [1.82, 2.24) is 4.98 Å². The van der Waals surface area contributed by atoms with Crippen molar-refractivity contribution in [3.05, 3.63) is 16.1 Å². The van der Waals surface area contributed by atoms with Gasteiger partial charge in [-0.25, -0.2) is 4.98 Å². The fourth-order valence-electron chi connectivity index (χ4n) is 0.789. The molecular formula is C8H10N2S. The molecule has 0 aromatic carbocycles. The lowest BCUT2D eigenvalue weighted by molar-refractivity contribution is 0.954. The van der Waals surface area contributed by atoms with Crippen molar-refractivity contribution in [2.45, 2.75) is 26.2 Å². The van der Waals surface area contributed by atoms with Gasteiger partial charge in [0.05, 0.1) is 16.8 Å². The number of thiazole rings is 1. The van der Waals surface area contributed by atoms with Crippen LogP contribution >= 0.6 is 11.3 Å². The molecule has 0 atom stereocenters. The molecule has 1 heterocycles. The van der Waals surface area contributed by atoms with Crippen molar-refractivity contribution in [3.8, 4) is 6.07 Å². The van der Waals surface area contributed by atoms with E-state index in [9.17, 15) is 0 Å². The maximum atomic E-state index is 8.32. The Balaban J connectivity index is 2.53. The van der Waals surface area contributed by atoms with Gasteiger partial charge in [0.15, 0.2) is 0 Å². The van der Waals surface area contributed by atoms with Gasteiger partial charge >= 0.3 is 0 Å². The average Bonchev–Trinajstić information content (AvgIpc) is 2.48. The van der Waals surface area contributed by atoms with E-state index in [2.05, 4.69) is 23.4 Å². The molecule has 0 fully saturated rings. The Morgan fingerprint density at radius 3 is 3.09 bits per heavy atom. The molecule has 58 valence electrons. The van der Waals surface area contributed by atoms with Gasteiger partial charge in [-0.2, -0.15) is 5.26 Å². The van der Waals surface area contributed by atoms with Crippen LogP contribution < -0.4 is 0 Å². The highest BCUT2D eigenvalue weighted by Gasteiger charge is 1.98. The summed E-state index contributed by atoms with van der Waals surface area (Å²) in [5, 5.41) is 11.5. The van der Waals surface area contributed by atoms with E-state index in [0.717, 1.165) is 23.5 Å². The zero-order chi connectivity index (χ0) is 8.10. The minimum absolute atomic E-state index is 0.580. The topological polar surface area (TPSA) is 36.7 Å². The zero-order valence-corrected chi connectivity index (χ0v) is 7.32. The van der Waals surface area contributed by atoms with Crippen molar-refractivity contribution in [3.63, 3.8) is 0 Å². The Kier molecular flexibility index (Phi) is 3.06. The SMILES string of the molecule is CCc1csc(CCC#N)n1. The Hall–Kier alpha value is -0.880. The normalized spacial score (nSPS) is 9.45. The van der Waals surface area contributed by atoms with E-state index in [1.165, 1.54) is 0 Å². The van der Waals surface area contributed by atoms with Crippen molar-refractivity contribution in [2.75, 3.05) is 0 Å². The van der Waals surface area contributed by atoms with Crippen LogP contribution in [0.4, 0.5) is 0 Å². The summed E-state index contributed by atoms with van der Waals surface area (Å²) < 4.78 is 0. The van der Waals surface area contributed by atoms with Crippen molar-refractivity contribution in [2.24, 2.45) is 0 Å². The quantitative estimate of drug-likeness (QED) is 0.690. The molecule has 0 saturated heterocycles. The van der Waals surface area contributed by atoms with E-state index < -0.39 is 0 Å². The Bertz CT molecular complexity index is 259. The van der Waals surface area contributed by atoms with Crippen LogP contribution in [0.3, 0.4) is 0 Å². The van der Waals surface area contributed by atoms with E-state index in [1.807, 2.05) is 0 Å². The van der Waals surface area contributed by atoms with E-state index >= 15 is 0 Å². The first-order valence-corrected chi connectivity index (χ1v) is 4.55. The third-order valence-electron chi connectivity index (χ3n) is 1.41. The molecule has 0 bridgehead atoms. The lowest BCUT2D eigenvalue weighted by Crippen LogP contribution is -1.83. The molecule has 0 spiro atoms. The highest BCUT2D eigenvalue weighted by atomic mass is 32.1. The monoisotopic (exact) mass is 166 g/mol. The molecule has 1 aromatic heterocycles. The Morgan fingerprint density at radius 2 is 2.55 bits per heavy atom. The molecule has 0 amide bonds. The molecule has 1 aromatic rings. The summed E-state index contributed by atoms with van der Waals surface area (Å²) in [4.78, 5) is 4.33. The zero-order valence-electron chi connectivity index (χ0n) is 6.50. The van der Waals surface area contributed by atoms with Crippen LogP contribution in [-0.4, -0.2) is 4.98 Å². The first kappa shape index (κ1) is 8.22. The number of nitriles is 1. The van der Waals surface area contributed by atoms with Crippen molar-refractivity contribution in [1.29, 1.82) is 5.26 Å². The maximum absolute atomic E-state index is 8.32. The standard InChI is InChI=1S/C8H10N2S/c1-2-7-6-11-8(10-7)4-3-5-9/h6H,2-4H2,1H3. The third-order valence-corrected chi connectivity index (χ3v) is 2.37. The van der Waals surface area contributed by atoms with Gasteiger partial charge in [0, 0.05) is 18.2 Å². The molecule has 0 aliphatic heterocycles. The summed E-state index contributed by atoms with van der Waals surface area (Å²) in [6.07, 6.45) is 2.38. The van der Waals surface area contributed by atoms with Crippen LogP contribution in [0.25, 0.3) is 0 Å². The van der Waals surface area contributed by atoms with Gasteiger partial charge in [-0.05, 0) is 6.42 Å². The molecule has 0 aliphatic carbocycles. The van der Waals surface area contributed by atoms with Gasteiger partial charge in [0.1, 0.15) is 0 Å². The summed E-state index contributed by atoms with van der Waals surface area (Å²) in [7, 11) is 0. The van der Waals surface area contributed by atoms with Gasteiger partial charge in [-0.15, -0.1) is 11.3 Å². The molecule has 0 unspecified atom stereocenters.